The molecule has 2 amide bonds. The SMILES string of the molecule is COC(CF)CN(CCCCc1ccc2c(n1)NCCC2)CCC(NC(=O)N1CCCC1(C)C)C(=O)O. The highest BCUT2D eigenvalue weighted by Crippen LogP contribution is 2.28. The number of likely N-dealkylation sites (tertiary alicyclic amines) is 1. The van der Waals surface area contributed by atoms with Gasteiger partial charge >= 0.3 is 12.0 Å². The summed E-state index contributed by atoms with van der Waals surface area (Å²) in [5.74, 6) is -0.0680. The lowest BCUT2D eigenvalue weighted by Crippen LogP contribution is -2.53. The van der Waals surface area contributed by atoms with Crippen molar-refractivity contribution in [3.63, 3.8) is 0 Å². The summed E-state index contributed by atoms with van der Waals surface area (Å²) >= 11 is 0. The largest absolute Gasteiger partial charge is 0.480 e. The number of nitrogens with zero attached hydrogens (tertiary/aromatic N) is 3. The molecule has 2 aliphatic rings. The third kappa shape index (κ3) is 8.53. The Morgan fingerprint density at radius 2 is 2.11 bits per heavy atom. The first kappa shape index (κ1) is 29.1. The van der Waals surface area contributed by atoms with E-state index in [-0.39, 0.29) is 18.0 Å². The van der Waals surface area contributed by atoms with E-state index < -0.39 is 24.8 Å². The molecule has 10 heteroatoms. The van der Waals surface area contributed by atoms with Crippen molar-refractivity contribution in [1.29, 1.82) is 0 Å². The molecular formula is C27H44FN5O4. The maximum atomic E-state index is 13.4. The van der Waals surface area contributed by atoms with Crippen LogP contribution in [0.4, 0.5) is 15.0 Å². The number of unbranched alkanes of at least 4 members (excludes halogenated alkanes) is 1. The minimum Gasteiger partial charge on any atom is -0.480 e. The number of amides is 2. The predicted octanol–water partition coefficient (Wildman–Crippen LogP) is 3.48. The van der Waals surface area contributed by atoms with E-state index in [4.69, 9.17) is 9.72 Å². The average molecular weight is 522 g/mol. The van der Waals surface area contributed by atoms with Crippen molar-refractivity contribution < 1.29 is 23.8 Å². The van der Waals surface area contributed by atoms with Gasteiger partial charge in [0.2, 0.25) is 0 Å². The molecule has 0 aliphatic carbocycles. The molecule has 0 saturated carbocycles. The molecular weight excluding hydrogens is 477 g/mol. The van der Waals surface area contributed by atoms with Gasteiger partial charge in [0.05, 0.1) is 6.10 Å². The van der Waals surface area contributed by atoms with E-state index in [1.807, 2.05) is 18.7 Å². The summed E-state index contributed by atoms with van der Waals surface area (Å²) in [6, 6.07) is 2.90. The monoisotopic (exact) mass is 521 g/mol. The Morgan fingerprint density at radius 1 is 1.30 bits per heavy atom. The van der Waals surface area contributed by atoms with E-state index in [1.54, 1.807) is 4.90 Å². The number of halogens is 1. The van der Waals surface area contributed by atoms with Crippen molar-refractivity contribution in [2.75, 3.05) is 51.8 Å². The Kier molecular flexibility index (Phi) is 10.9. The third-order valence-corrected chi connectivity index (χ3v) is 7.55. The van der Waals surface area contributed by atoms with Gasteiger partial charge in [-0.1, -0.05) is 6.07 Å². The van der Waals surface area contributed by atoms with Crippen molar-refractivity contribution in [1.82, 2.24) is 20.1 Å². The molecule has 2 unspecified atom stereocenters. The number of ether oxygens (including phenoxy) is 1. The van der Waals surface area contributed by atoms with Crippen molar-refractivity contribution in [3.05, 3.63) is 23.4 Å². The van der Waals surface area contributed by atoms with Crippen LogP contribution in [0.1, 0.15) is 63.6 Å². The Balaban J connectivity index is 1.52. The van der Waals surface area contributed by atoms with Crippen LogP contribution in [0.15, 0.2) is 12.1 Å². The van der Waals surface area contributed by atoms with Crippen molar-refractivity contribution in [2.45, 2.75) is 82.9 Å². The highest BCUT2D eigenvalue weighted by Gasteiger charge is 2.36. The van der Waals surface area contributed by atoms with Crippen LogP contribution in [-0.4, -0.2) is 96.1 Å². The smallest absolute Gasteiger partial charge is 0.326 e. The number of aromatic nitrogens is 1. The molecule has 9 nitrogen and oxygen atoms in total. The number of fused-ring (bicyclic) bond motifs is 1. The number of alkyl halides is 1. The summed E-state index contributed by atoms with van der Waals surface area (Å²) in [5.41, 5.74) is 2.04. The molecule has 3 rings (SSSR count). The number of carbonyl (C=O) groups excluding carboxylic acids is 1. The van der Waals surface area contributed by atoms with Gasteiger partial charge in [-0.3, -0.25) is 0 Å². The highest BCUT2D eigenvalue weighted by atomic mass is 19.1. The lowest BCUT2D eigenvalue weighted by Gasteiger charge is -2.33. The fourth-order valence-corrected chi connectivity index (χ4v) is 5.20. The van der Waals surface area contributed by atoms with Crippen LogP contribution in [0.2, 0.25) is 0 Å². The molecule has 1 fully saturated rings. The van der Waals surface area contributed by atoms with Crippen molar-refractivity contribution >= 4 is 17.8 Å². The van der Waals surface area contributed by atoms with E-state index in [1.165, 1.54) is 12.7 Å². The molecule has 0 aromatic carbocycles. The second-order valence-corrected chi connectivity index (χ2v) is 10.8. The van der Waals surface area contributed by atoms with Gasteiger partial charge in [0.1, 0.15) is 18.5 Å². The van der Waals surface area contributed by atoms with E-state index in [9.17, 15) is 19.1 Å². The first-order chi connectivity index (χ1) is 17.7. The topological polar surface area (TPSA) is 107 Å². The van der Waals surface area contributed by atoms with E-state index in [0.717, 1.165) is 63.0 Å². The lowest BCUT2D eigenvalue weighted by molar-refractivity contribution is -0.139. The number of carboxylic acids is 1. The number of carbonyl (C=O) groups is 2. The van der Waals surface area contributed by atoms with Crippen LogP contribution in [-0.2, 0) is 22.4 Å². The summed E-state index contributed by atoms with van der Waals surface area (Å²) in [7, 11) is 1.48. The standard InChI is InChI=1S/C27H44FN5O4/c1-27(2)13-7-16-33(27)26(36)31-23(25(34)35)12-17-32(19-22(18-28)37-3)15-5-4-9-21-11-10-20-8-6-14-29-24(20)30-21/h10-11,22-23H,4-9,12-19H2,1-3H3,(H,29,30)(H,31,36)(H,34,35). The normalized spacial score (nSPS) is 18.2. The van der Waals surface area contributed by atoms with E-state index in [2.05, 4.69) is 22.8 Å². The van der Waals surface area contributed by atoms with E-state index in [0.29, 0.717) is 26.2 Å². The van der Waals surface area contributed by atoms with Gasteiger partial charge in [-0.05, 0) is 83.4 Å². The molecule has 3 N–H and O–H groups in total. The molecule has 0 spiro atoms. The van der Waals surface area contributed by atoms with Crippen molar-refractivity contribution in [3.8, 4) is 0 Å². The van der Waals surface area contributed by atoms with Gasteiger partial charge in [0.25, 0.3) is 0 Å². The zero-order chi connectivity index (χ0) is 26.8. The number of hydrogen-bond acceptors (Lipinski definition) is 6. The van der Waals surface area contributed by atoms with Gasteiger partial charge in [0.15, 0.2) is 0 Å². The first-order valence-electron chi connectivity index (χ1n) is 13.6. The summed E-state index contributed by atoms with van der Waals surface area (Å²) in [6.07, 6.45) is 6.28. The number of pyridine rings is 1. The molecule has 208 valence electrons. The maximum Gasteiger partial charge on any atom is 0.326 e. The molecule has 1 saturated heterocycles. The molecule has 3 heterocycles. The first-order valence-corrected chi connectivity index (χ1v) is 13.6. The molecule has 2 atom stereocenters. The van der Waals surface area contributed by atoms with Gasteiger partial charge in [0, 0.05) is 44.5 Å². The number of urea groups is 1. The Hall–Kier alpha value is -2.46. The van der Waals surface area contributed by atoms with Crippen LogP contribution in [0.25, 0.3) is 0 Å². The summed E-state index contributed by atoms with van der Waals surface area (Å²) < 4.78 is 18.6. The van der Waals surface area contributed by atoms with Crippen LogP contribution in [0, 0.1) is 0 Å². The highest BCUT2D eigenvalue weighted by molar-refractivity contribution is 5.83. The third-order valence-electron chi connectivity index (χ3n) is 7.55. The number of hydrogen-bond donors (Lipinski definition) is 3. The van der Waals surface area contributed by atoms with Gasteiger partial charge < -0.3 is 30.3 Å². The molecule has 0 radical (unpaired) electrons. The number of rotatable bonds is 14. The van der Waals surface area contributed by atoms with E-state index >= 15 is 0 Å². The average Bonchev–Trinajstić information content (AvgIpc) is 3.25. The predicted molar refractivity (Wildman–Crippen MR) is 142 cm³/mol. The van der Waals surface area contributed by atoms with Crippen LogP contribution in [0.5, 0.6) is 0 Å². The number of methoxy groups -OCH3 is 1. The Bertz CT molecular complexity index is 896. The molecule has 37 heavy (non-hydrogen) atoms. The second kappa shape index (κ2) is 13.9. The number of aliphatic carboxylic acids is 1. The summed E-state index contributed by atoms with van der Waals surface area (Å²) in [5, 5.41) is 15.8. The molecule has 2 aliphatic heterocycles. The minimum absolute atomic E-state index is 0.232. The fraction of sp³-hybridized carbons (Fsp3) is 0.741. The zero-order valence-electron chi connectivity index (χ0n) is 22.6. The van der Waals surface area contributed by atoms with Crippen LogP contribution >= 0.6 is 0 Å². The number of nitrogens with one attached hydrogen (secondary N) is 2. The second-order valence-electron chi connectivity index (χ2n) is 10.8. The Morgan fingerprint density at radius 3 is 2.78 bits per heavy atom. The van der Waals surface area contributed by atoms with Crippen LogP contribution in [0.3, 0.4) is 0 Å². The minimum atomic E-state index is -1.06. The quantitative estimate of drug-likeness (QED) is 0.322. The van der Waals surface area contributed by atoms with Gasteiger partial charge in [-0.15, -0.1) is 0 Å². The molecule has 0 bridgehead atoms. The lowest BCUT2D eigenvalue weighted by atomic mass is 10.0. The Labute approximate surface area is 220 Å². The zero-order valence-corrected chi connectivity index (χ0v) is 22.6. The summed E-state index contributed by atoms with van der Waals surface area (Å²) in [6.45, 7) is 6.43. The fourth-order valence-electron chi connectivity index (χ4n) is 5.20. The number of carboxylic acid groups (broad SMARTS) is 1. The molecule has 1 aromatic heterocycles. The summed E-state index contributed by atoms with van der Waals surface area (Å²) in [4.78, 5) is 33.2. The molecule has 1 aromatic rings. The van der Waals surface area contributed by atoms with Gasteiger partial charge in [-0.2, -0.15) is 0 Å². The van der Waals surface area contributed by atoms with Gasteiger partial charge in [-0.25, -0.2) is 19.0 Å². The number of aryl methyl sites for hydroxylation is 2. The van der Waals surface area contributed by atoms with Crippen molar-refractivity contribution in [2.24, 2.45) is 0 Å². The number of anilines is 1. The maximum absolute atomic E-state index is 13.4. The van der Waals surface area contributed by atoms with Crippen LogP contribution < -0.4 is 10.6 Å².